The van der Waals surface area contributed by atoms with Crippen molar-refractivity contribution in [1.29, 1.82) is 0 Å². The van der Waals surface area contributed by atoms with Gasteiger partial charge in [0.1, 0.15) is 12.4 Å². The molecule has 2 rings (SSSR count). The van der Waals surface area contributed by atoms with Crippen molar-refractivity contribution in [1.82, 2.24) is 0 Å². The summed E-state index contributed by atoms with van der Waals surface area (Å²) < 4.78 is 11.8. The van der Waals surface area contributed by atoms with Crippen molar-refractivity contribution in [2.24, 2.45) is 11.7 Å². The lowest BCUT2D eigenvalue weighted by molar-refractivity contribution is 0.262. The molecule has 0 bridgehead atoms. The van der Waals surface area contributed by atoms with E-state index in [0.717, 1.165) is 17.9 Å². The molecular weight excluding hydrogens is 274 g/mol. The lowest BCUT2D eigenvalue weighted by Crippen LogP contribution is -2.29. The van der Waals surface area contributed by atoms with Crippen molar-refractivity contribution in [2.45, 2.75) is 33.2 Å². The topological polar surface area (TPSA) is 44.5 Å². The van der Waals surface area contributed by atoms with E-state index in [0.29, 0.717) is 18.3 Å². The van der Waals surface area contributed by atoms with E-state index in [4.69, 9.17) is 15.2 Å². The minimum Gasteiger partial charge on any atom is -0.488 e. The van der Waals surface area contributed by atoms with Crippen LogP contribution in [0.5, 0.6) is 17.2 Å². The molecule has 0 aliphatic rings. The van der Waals surface area contributed by atoms with Gasteiger partial charge in [0.2, 0.25) is 0 Å². The lowest BCUT2D eigenvalue weighted by atomic mass is 10.1. The quantitative estimate of drug-likeness (QED) is 0.816. The van der Waals surface area contributed by atoms with Crippen molar-refractivity contribution in [3.63, 3.8) is 0 Å². The Balaban J connectivity index is 2.02. The van der Waals surface area contributed by atoms with Gasteiger partial charge in [0.05, 0.1) is 0 Å². The molecule has 0 aliphatic heterocycles. The van der Waals surface area contributed by atoms with Crippen LogP contribution in [-0.2, 0) is 0 Å². The van der Waals surface area contributed by atoms with E-state index >= 15 is 0 Å². The molecular formula is C19H25NO2. The molecule has 0 saturated heterocycles. The molecule has 0 saturated carbocycles. The van der Waals surface area contributed by atoms with Crippen LogP contribution in [0.1, 0.15) is 25.8 Å². The third-order valence-electron chi connectivity index (χ3n) is 3.33. The highest BCUT2D eigenvalue weighted by molar-refractivity contribution is 5.43. The summed E-state index contributed by atoms with van der Waals surface area (Å²) in [5.74, 6) is 2.80. The fourth-order valence-electron chi connectivity index (χ4n) is 2.26. The summed E-state index contributed by atoms with van der Waals surface area (Å²) >= 11 is 0. The Bertz CT molecular complexity index is 578. The fraction of sp³-hybridized carbons (Fsp3) is 0.368. The minimum absolute atomic E-state index is 0.0347. The summed E-state index contributed by atoms with van der Waals surface area (Å²) in [6, 6.07) is 15.7. The minimum atomic E-state index is 0.0347. The Morgan fingerprint density at radius 1 is 0.955 bits per heavy atom. The van der Waals surface area contributed by atoms with Gasteiger partial charge in [0.25, 0.3) is 0 Å². The van der Waals surface area contributed by atoms with Crippen LogP contribution in [0.3, 0.4) is 0 Å². The van der Waals surface area contributed by atoms with E-state index < -0.39 is 0 Å². The number of benzene rings is 2. The molecule has 0 spiro atoms. The Morgan fingerprint density at radius 3 is 2.23 bits per heavy atom. The summed E-state index contributed by atoms with van der Waals surface area (Å²) in [6.45, 7) is 6.87. The Hall–Kier alpha value is -2.00. The lowest BCUT2D eigenvalue weighted by Gasteiger charge is -2.17. The van der Waals surface area contributed by atoms with E-state index in [1.54, 1.807) is 0 Å². The molecule has 0 heterocycles. The summed E-state index contributed by atoms with van der Waals surface area (Å²) in [7, 11) is 0. The van der Waals surface area contributed by atoms with Gasteiger partial charge >= 0.3 is 0 Å². The molecule has 3 nitrogen and oxygen atoms in total. The summed E-state index contributed by atoms with van der Waals surface area (Å²) in [5.41, 5.74) is 7.28. The van der Waals surface area contributed by atoms with Gasteiger partial charge in [0, 0.05) is 6.04 Å². The smallest absolute Gasteiger partial charge is 0.169 e. The van der Waals surface area contributed by atoms with Gasteiger partial charge in [-0.15, -0.1) is 0 Å². The van der Waals surface area contributed by atoms with E-state index in [2.05, 4.69) is 20.8 Å². The van der Waals surface area contributed by atoms with Gasteiger partial charge in [-0.1, -0.05) is 43.7 Å². The average Bonchev–Trinajstić information content (AvgIpc) is 2.48. The normalized spacial score (nSPS) is 12.2. The molecule has 3 heteroatoms. The molecule has 2 aromatic carbocycles. The number of rotatable bonds is 7. The highest BCUT2D eigenvalue weighted by atomic mass is 16.5. The number of nitrogens with two attached hydrogens (primary N) is 1. The Morgan fingerprint density at radius 2 is 1.59 bits per heavy atom. The van der Waals surface area contributed by atoms with Crippen molar-refractivity contribution in [2.75, 3.05) is 6.61 Å². The van der Waals surface area contributed by atoms with Gasteiger partial charge in [-0.25, -0.2) is 0 Å². The van der Waals surface area contributed by atoms with Gasteiger partial charge in [0.15, 0.2) is 11.5 Å². The summed E-state index contributed by atoms with van der Waals surface area (Å²) in [4.78, 5) is 0. The van der Waals surface area contributed by atoms with Crippen molar-refractivity contribution < 1.29 is 9.47 Å². The maximum Gasteiger partial charge on any atom is 0.169 e. The van der Waals surface area contributed by atoms with Crippen molar-refractivity contribution >= 4 is 0 Å². The molecule has 0 amide bonds. The molecule has 2 N–H and O–H groups in total. The highest BCUT2D eigenvalue weighted by Gasteiger charge is 2.10. The first-order valence-electron chi connectivity index (χ1n) is 7.76. The van der Waals surface area contributed by atoms with Gasteiger partial charge in [-0.05, 0) is 43.5 Å². The summed E-state index contributed by atoms with van der Waals surface area (Å²) in [6.07, 6.45) is 0.945. The molecule has 2 aromatic rings. The van der Waals surface area contributed by atoms with Crippen LogP contribution in [0.15, 0.2) is 48.5 Å². The van der Waals surface area contributed by atoms with E-state index in [1.807, 2.05) is 48.5 Å². The largest absolute Gasteiger partial charge is 0.488 e. The maximum atomic E-state index is 6.08. The molecule has 22 heavy (non-hydrogen) atoms. The van der Waals surface area contributed by atoms with E-state index in [9.17, 15) is 0 Å². The average molecular weight is 299 g/mol. The number of hydrogen-bond acceptors (Lipinski definition) is 3. The van der Waals surface area contributed by atoms with Gasteiger partial charge in [-0.2, -0.15) is 0 Å². The molecule has 0 unspecified atom stereocenters. The first kappa shape index (κ1) is 16.4. The third kappa shape index (κ3) is 5.08. The standard InChI is InChI=1S/C19H25NO2/c1-14(2)12-16(20)13-21-18-6-4-5-7-19(18)22-17-10-8-15(3)9-11-17/h4-11,14,16H,12-13,20H2,1-3H3/t16-/m1/s1. The first-order chi connectivity index (χ1) is 10.5. The van der Waals surface area contributed by atoms with Gasteiger partial charge in [-0.3, -0.25) is 0 Å². The van der Waals surface area contributed by atoms with Crippen LogP contribution in [-0.4, -0.2) is 12.6 Å². The first-order valence-corrected chi connectivity index (χ1v) is 7.76. The maximum absolute atomic E-state index is 6.08. The van der Waals surface area contributed by atoms with E-state index in [-0.39, 0.29) is 6.04 Å². The SMILES string of the molecule is Cc1ccc(Oc2ccccc2OC[C@H](N)CC(C)C)cc1. The zero-order valence-corrected chi connectivity index (χ0v) is 13.6. The molecule has 118 valence electrons. The Kier molecular flexibility index (Phi) is 5.84. The molecule has 0 aromatic heterocycles. The van der Waals surface area contributed by atoms with Crippen LogP contribution >= 0.6 is 0 Å². The zero-order chi connectivity index (χ0) is 15.9. The summed E-state index contributed by atoms with van der Waals surface area (Å²) in [5, 5.41) is 0. The Labute approximate surface area is 133 Å². The molecule has 0 aliphatic carbocycles. The van der Waals surface area contributed by atoms with Crippen molar-refractivity contribution in [3.05, 3.63) is 54.1 Å². The van der Waals surface area contributed by atoms with Crippen LogP contribution in [0.25, 0.3) is 0 Å². The number of aryl methyl sites for hydroxylation is 1. The third-order valence-corrected chi connectivity index (χ3v) is 3.33. The number of hydrogen-bond donors (Lipinski definition) is 1. The van der Waals surface area contributed by atoms with Crippen LogP contribution < -0.4 is 15.2 Å². The number of para-hydroxylation sites is 2. The van der Waals surface area contributed by atoms with Crippen LogP contribution in [0.4, 0.5) is 0 Å². The fourth-order valence-corrected chi connectivity index (χ4v) is 2.26. The molecule has 1 atom stereocenters. The van der Waals surface area contributed by atoms with Crippen molar-refractivity contribution in [3.8, 4) is 17.2 Å². The molecule has 0 fully saturated rings. The second kappa shape index (κ2) is 7.85. The monoisotopic (exact) mass is 299 g/mol. The van der Waals surface area contributed by atoms with E-state index in [1.165, 1.54) is 5.56 Å². The highest BCUT2D eigenvalue weighted by Crippen LogP contribution is 2.31. The second-order valence-corrected chi connectivity index (χ2v) is 6.06. The molecule has 0 radical (unpaired) electrons. The van der Waals surface area contributed by atoms with Crippen LogP contribution in [0.2, 0.25) is 0 Å². The number of ether oxygens (including phenoxy) is 2. The zero-order valence-electron chi connectivity index (χ0n) is 13.6. The predicted octanol–water partition coefficient (Wildman–Crippen LogP) is 4.54. The second-order valence-electron chi connectivity index (χ2n) is 6.06. The van der Waals surface area contributed by atoms with Gasteiger partial charge < -0.3 is 15.2 Å². The predicted molar refractivity (Wildman–Crippen MR) is 90.6 cm³/mol. The van der Waals surface area contributed by atoms with Crippen LogP contribution in [0, 0.1) is 12.8 Å².